The molecule has 1 saturated heterocycles. The Hall–Kier alpha value is -1.26. The second-order valence-corrected chi connectivity index (χ2v) is 5.30. The van der Waals surface area contributed by atoms with Crippen molar-refractivity contribution in [2.45, 2.75) is 25.8 Å². The van der Waals surface area contributed by atoms with Crippen LogP contribution in [0.25, 0.3) is 0 Å². The molecule has 1 aromatic rings. The molecule has 0 atom stereocenters. The van der Waals surface area contributed by atoms with Crippen LogP contribution in [0.15, 0.2) is 18.2 Å². The average molecular weight is 264 g/mol. The van der Waals surface area contributed by atoms with Gasteiger partial charge in [-0.2, -0.15) is 0 Å². The van der Waals surface area contributed by atoms with Gasteiger partial charge in [-0.3, -0.25) is 4.90 Å². The van der Waals surface area contributed by atoms with Gasteiger partial charge in [-0.15, -0.1) is 0 Å². The molecule has 0 unspecified atom stereocenters. The van der Waals surface area contributed by atoms with E-state index in [0.717, 1.165) is 44.1 Å². The lowest BCUT2D eigenvalue weighted by molar-refractivity contribution is 0.173. The van der Waals surface area contributed by atoms with E-state index in [4.69, 9.17) is 10.5 Å². The predicted molar refractivity (Wildman–Crippen MR) is 76.3 cm³/mol. The van der Waals surface area contributed by atoms with Crippen LogP contribution in [-0.2, 0) is 6.54 Å². The largest absolute Gasteiger partial charge is 0.504 e. The van der Waals surface area contributed by atoms with Gasteiger partial charge >= 0.3 is 0 Å². The molecule has 3 N–H and O–H groups in total. The SMILES string of the molecule is COc1ccc(CN2CCC(CCN)CC2)cc1O. The Morgan fingerprint density at radius 1 is 1.37 bits per heavy atom. The number of nitrogens with zero attached hydrogens (tertiary/aromatic N) is 1. The molecular formula is C15H24N2O2. The summed E-state index contributed by atoms with van der Waals surface area (Å²) in [6.07, 6.45) is 3.62. The van der Waals surface area contributed by atoms with E-state index >= 15 is 0 Å². The molecule has 0 aliphatic carbocycles. The van der Waals surface area contributed by atoms with Gasteiger partial charge in [0.1, 0.15) is 0 Å². The standard InChI is InChI=1S/C15H24N2O2/c1-19-15-3-2-13(10-14(15)18)11-17-8-5-12(4-7-16)6-9-17/h2-3,10,12,18H,4-9,11,16H2,1H3. The smallest absolute Gasteiger partial charge is 0.160 e. The first-order valence-corrected chi connectivity index (χ1v) is 7.01. The Balaban J connectivity index is 1.87. The van der Waals surface area contributed by atoms with E-state index in [2.05, 4.69) is 4.90 Å². The number of ether oxygens (including phenoxy) is 1. The highest BCUT2D eigenvalue weighted by atomic mass is 16.5. The number of nitrogens with two attached hydrogens (primary N) is 1. The highest BCUT2D eigenvalue weighted by molar-refractivity contribution is 5.41. The molecular weight excluding hydrogens is 240 g/mol. The van der Waals surface area contributed by atoms with Crippen molar-refractivity contribution in [3.63, 3.8) is 0 Å². The summed E-state index contributed by atoms with van der Waals surface area (Å²) in [5.74, 6) is 1.55. The Labute approximate surface area is 115 Å². The van der Waals surface area contributed by atoms with E-state index in [1.54, 1.807) is 13.2 Å². The molecule has 0 bridgehead atoms. The van der Waals surface area contributed by atoms with Gasteiger partial charge < -0.3 is 15.6 Å². The van der Waals surface area contributed by atoms with Gasteiger partial charge in [0.05, 0.1) is 7.11 Å². The molecule has 1 aliphatic heterocycles. The minimum Gasteiger partial charge on any atom is -0.504 e. The van der Waals surface area contributed by atoms with Gasteiger partial charge in [0.25, 0.3) is 0 Å². The summed E-state index contributed by atoms with van der Waals surface area (Å²) in [6.45, 7) is 3.94. The molecule has 19 heavy (non-hydrogen) atoms. The summed E-state index contributed by atoms with van der Waals surface area (Å²) in [5.41, 5.74) is 6.74. The van der Waals surface area contributed by atoms with E-state index in [9.17, 15) is 5.11 Å². The number of methoxy groups -OCH3 is 1. The molecule has 106 valence electrons. The van der Waals surface area contributed by atoms with E-state index in [0.29, 0.717) is 5.75 Å². The molecule has 0 radical (unpaired) electrons. The molecule has 0 amide bonds. The Kier molecular flexibility index (Phi) is 5.05. The Morgan fingerprint density at radius 2 is 2.11 bits per heavy atom. The third kappa shape index (κ3) is 3.85. The normalized spacial score (nSPS) is 17.6. The van der Waals surface area contributed by atoms with Crippen LogP contribution >= 0.6 is 0 Å². The minimum absolute atomic E-state index is 0.220. The lowest BCUT2D eigenvalue weighted by atomic mass is 9.93. The zero-order chi connectivity index (χ0) is 13.7. The van der Waals surface area contributed by atoms with Crippen molar-refractivity contribution in [1.82, 2.24) is 4.90 Å². The van der Waals surface area contributed by atoms with Crippen LogP contribution in [0.1, 0.15) is 24.8 Å². The summed E-state index contributed by atoms with van der Waals surface area (Å²) in [7, 11) is 1.57. The lowest BCUT2D eigenvalue weighted by Crippen LogP contribution is -2.33. The lowest BCUT2D eigenvalue weighted by Gasteiger charge is -2.31. The molecule has 1 fully saturated rings. The summed E-state index contributed by atoms with van der Waals surface area (Å²) >= 11 is 0. The maximum Gasteiger partial charge on any atom is 0.160 e. The highest BCUT2D eigenvalue weighted by Gasteiger charge is 2.18. The van der Waals surface area contributed by atoms with Gasteiger partial charge in [-0.1, -0.05) is 6.07 Å². The van der Waals surface area contributed by atoms with E-state index < -0.39 is 0 Å². The van der Waals surface area contributed by atoms with Crippen molar-refractivity contribution in [2.24, 2.45) is 11.7 Å². The average Bonchev–Trinajstić information content (AvgIpc) is 2.42. The van der Waals surface area contributed by atoms with Gasteiger partial charge in [0, 0.05) is 6.54 Å². The zero-order valence-electron chi connectivity index (χ0n) is 11.6. The third-order valence-electron chi connectivity index (χ3n) is 3.93. The number of benzene rings is 1. The van der Waals surface area contributed by atoms with Crippen LogP contribution in [0, 0.1) is 5.92 Å². The third-order valence-corrected chi connectivity index (χ3v) is 3.93. The molecule has 0 aromatic heterocycles. The van der Waals surface area contributed by atoms with Gasteiger partial charge in [-0.05, 0) is 62.5 Å². The minimum atomic E-state index is 0.220. The number of rotatable bonds is 5. The van der Waals surface area contributed by atoms with Crippen molar-refractivity contribution >= 4 is 0 Å². The Bertz CT molecular complexity index is 401. The molecule has 0 saturated carbocycles. The van der Waals surface area contributed by atoms with Gasteiger partial charge in [0.15, 0.2) is 11.5 Å². The maximum atomic E-state index is 9.78. The number of aromatic hydroxyl groups is 1. The van der Waals surface area contributed by atoms with Crippen LogP contribution in [0.2, 0.25) is 0 Å². The first-order valence-electron chi connectivity index (χ1n) is 7.01. The summed E-state index contributed by atoms with van der Waals surface area (Å²) in [6, 6.07) is 5.64. The quantitative estimate of drug-likeness (QED) is 0.853. The molecule has 1 heterocycles. The predicted octanol–water partition coefficient (Wildman–Crippen LogP) is 1.96. The second kappa shape index (κ2) is 6.78. The molecule has 0 spiro atoms. The van der Waals surface area contributed by atoms with Crippen LogP contribution in [0.5, 0.6) is 11.5 Å². The summed E-state index contributed by atoms with van der Waals surface area (Å²) in [4.78, 5) is 2.44. The number of phenols is 1. The fourth-order valence-corrected chi connectivity index (χ4v) is 2.76. The fraction of sp³-hybridized carbons (Fsp3) is 0.600. The molecule has 1 aliphatic rings. The van der Waals surface area contributed by atoms with Crippen molar-refractivity contribution in [3.05, 3.63) is 23.8 Å². The molecule has 4 nitrogen and oxygen atoms in total. The highest BCUT2D eigenvalue weighted by Crippen LogP contribution is 2.27. The van der Waals surface area contributed by atoms with Gasteiger partial charge in [0.2, 0.25) is 0 Å². The van der Waals surface area contributed by atoms with E-state index in [-0.39, 0.29) is 5.75 Å². The van der Waals surface area contributed by atoms with Crippen molar-refractivity contribution < 1.29 is 9.84 Å². The van der Waals surface area contributed by atoms with E-state index in [1.807, 2.05) is 12.1 Å². The monoisotopic (exact) mass is 264 g/mol. The first-order chi connectivity index (χ1) is 9.22. The number of phenolic OH excluding ortho intramolecular Hbond substituents is 1. The van der Waals surface area contributed by atoms with Crippen LogP contribution in [0.3, 0.4) is 0 Å². The first kappa shape index (κ1) is 14.2. The zero-order valence-corrected chi connectivity index (χ0v) is 11.6. The number of hydrogen-bond donors (Lipinski definition) is 2. The van der Waals surface area contributed by atoms with Crippen LogP contribution in [-0.4, -0.2) is 36.8 Å². The molecule has 4 heteroatoms. The maximum absolute atomic E-state index is 9.78. The summed E-state index contributed by atoms with van der Waals surface area (Å²) < 4.78 is 5.06. The number of piperidine rings is 1. The second-order valence-electron chi connectivity index (χ2n) is 5.30. The van der Waals surface area contributed by atoms with Crippen molar-refractivity contribution in [1.29, 1.82) is 0 Å². The van der Waals surface area contributed by atoms with E-state index in [1.165, 1.54) is 12.8 Å². The van der Waals surface area contributed by atoms with Crippen molar-refractivity contribution in [2.75, 3.05) is 26.7 Å². The fourth-order valence-electron chi connectivity index (χ4n) is 2.76. The topological polar surface area (TPSA) is 58.7 Å². The molecule has 1 aromatic carbocycles. The summed E-state index contributed by atoms with van der Waals surface area (Å²) in [5, 5.41) is 9.78. The van der Waals surface area contributed by atoms with Crippen LogP contribution in [0.4, 0.5) is 0 Å². The molecule has 2 rings (SSSR count). The number of hydrogen-bond acceptors (Lipinski definition) is 4. The van der Waals surface area contributed by atoms with Gasteiger partial charge in [-0.25, -0.2) is 0 Å². The number of likely N-dealkylation sites (tertiary alicyclic amines) is 1. The van der Waals surface area contributed by atoms with Crippen LogP contribution < -0.4 is 10.5 Å². The Morgan fingerprint density at radius 3 is 2.68 bits per heavy atom. The van der Waals surface area contributed by atoms with Crippen molar-refractivity contribution in [3.8, 4) is 11.5 Å².